The predicted molar refractivity (Wildman–Crippen MR) is 50.3 cm³/mol. The summed E-state index contributed by atoms with van der Waals surface area (Å²) in [6, 6.07) is 7.53. The lowest BCUT2D eigenvalue weighted by molar-refractivity contribution is 1.05. The Morgan fingerprint density at radius 1 is 1.38 bits per heavy atom. The standard InChI is InChI=1S/C9H7ClN3/c10-8-3-1-2-7(4-8)5-9-11-6-12-13-9/h1-6H,(H,11,12,13). The molecule has 1 aromatic heterocycles. The number of nitrogens with zero attached hydrogens (tertiary/aromatic N) is 2. The molecular weight excluding hydrogens is 186 g/mol. The number of hydrogen-bond donors (Lipinski definition) is 1. The molecule has 1 N–H and O–H groups in total. The van der Waals surface area contributed by atoms with E-state index in [1.165, 1.54) is 6.33 Å². The monoisotopic (exact) mass is 192 g/mol. The first-order valence-electron chi connectivity index (χ1n) is 3.81. The van der Waals surface area contributed by atoms with E-state index in [9.17, 15) is 0 Å². The van der Waals surface area contributed by atoms with Gasteiger partial charge in [-0.2, -0.15) is 5.10 Å². The molecule has 0 aliphatic heterocycles. The molecule has 0 bridgehead atoms. The molecule has 0 saturated heterocycles. The maximum Gasteiger partial charge on any atom is 0.158 e. The minimum absolute atomic E-state index is 0.655. The second-order valence-electron chi connectivity index (χ2n) is 2.56. The van der Waals surface area contributed by atoms with Crippen LogP contribution in [0.3, 0.4) is 0 Å². The van der Waals surface area contributed by atoms with E-state index in [0.717, 1.165) is 5.56 Å². The Bertz CT molecular complexity index is 384. The summed E-state index contributed by atoms with van der Waals surface area (Å²) in [4.78, 5) is 3.98. The van der Waals surface area contributed by atoms with Gasteiger partial charge in [0.25, 0.3) is 0 Å². The molecular formula is C9H7ClN3. The second kappa shape index (κ2) is 3.58. The van der Waals surface area contributed by atoms with Crippen LogP contribution in [0.15, 0.2) is 30.6 Å². The molecule has 0 aliphatic carbocycles. The number of H-pyrrole nitrogens is 1. The van der Waals surface area contributed by atoms with Gasteiger partial charge in [-0.25, -0.2) is 4.98 Å². The molecule has 0 saturated carbocycles. The number of nitrogens with one attached hydrogen (secondary N) is 1. The van der Waals surface area contributed by atoms with Gasteiger partial charge >= 0.3 is 0 Å². The van der Waals surface area contributed by atoms with Gasteiger partial charge in [0.2, 0.25) is 0 Å². The van der Waals surface area contributed by atoms with E-state index in [2.05, 4.69) is 15.2 Å². The maximum atomic E-state index is 5.82. The van der Waals surface area contributed by atoms with E-state index < -0.39 is 0 Å². The normalized spacial score (nSPS) is 10.2. The van der Waals surface area contributed by atoms with Crippen molar-refractivity contribution >= 4 is 11.6 Å². The number of aromatic amines is 1. The van der Waals surface area contributed by atoms with Crippen molar-refractivity contribution in [2.45, 2.75) is 0 Å². The Kier molecular flexibility index (Phi) is 2.27. The lowest BCUT2D eigenvalue weighted by atomic mass is 10.1. The van der Waals surface area contributed by atoms with Crippen LogP contribution in [0.4, 0.5) is 0 Å². The lowest BCUT2D eigenvalue weighted by Gasteiger charge is -1.96. The Balaban J connectivity index is 2.19. The first-order chi connectivity index (χ1) is 6.34. The van der Waals surface area contributed by atoms with Crippen molar-refractivity contribution in [3.8, 4) is 0 Å². The van der Waals surface area contributed by atoms with Gasteiger partial charge in [0, 0.05) is 5.02 Å². The summed E-state index contributed by atoms with van der Waals surface area (Å²) in [5.41, 5.74) is 0.993. The molecule has 1 aromatic carbocycles. The summed E-state index contributed by atoms with van der Waals surface area (Å²) in [6.45, 7) is 0. The van der Waals surface area contributed by atoms with Gasteiger partial charge in [-0.1, -0.05) is 23.7 Å². The van der Waals surface area contributed by atoms with E-state index >= 15 is 0 Å². The minimum Gasteiger partial charge on any atom is -0.266 e. The third-order valence-electron chi connectivity index (χ3n) is 1.58. The van der Waals surface area contributed by atoms with Gasteiger partial charge in [0.1, 0.15) is 6.33 Å². The fourth-order valence-electron chi connectivity index (χ4n) is 1.03. The maximum absolute atomic E-state index is 5.82. The molecule has 4 heteroatoms. The first-order valence-corrected chi connectivity index (χ1v) is 4.18. The Morgan fingerprint density at radius 3 is 3.00 bits per heavy atom. The fourth-order valence-corrected chi connectivity index (χ4v) is 1.23. The molecule has 3 nitrogen and oxygen atoms in total. The average molecular weight is 193 g/mol. The summed E-state index contributed by atoms with van der Waals surface area (Å²) < 4.78 is 0. The molecule has 2 aromatic rings. The zero-order valence-electron chi connectivity index (χ0n) is 6.74. The zero-order chi connectivity index (χ0) is 9.10. The summed E-state index contributed by atoms with van der Waals surface area (Å²) in [5, 5.41) is 7.26. The van der Waals surface area contributed by atoms with E-state index in [4.69, 9.17) is 11.6 Å². The van der Waals surface area contributed by atoms with Crippen LogP contribution in [0.25, 0.3) is 0 Å². The summed E-state index contributed by atoms with van der Waals surface area (Å²) in [6.07, 6.45) is 3.39. The molecule has 0 fully saturated rings. The number of halogens is 1. The Labute approximate surface area is 80.8 Å². The Morgan fingerprint density at radius 2 is 2.31 bits per heavy atom. The van der Waals surface area contributed by atoms with Crippen LogP contribution in [0, 0.1) is 6.42 Å². The van der Waals surface area contributed by atoms with Crippen molar-refractivity contribution in [2.75, 3.05) is 0 Å². The molecule has 2 rings (SSSR count). The number of aromatic nitrogens is 3. The Hall–Kier alpha value is -1.35. The molecule has 1 heterocycles. The van der Waals surface area contributed by atoms with Crippen LogP contribution in [0.2, 0.25) is 5.02 Å². The fraction of sp³-hybridized carbons (Fsp3) is 0. The van der Waals surface area contributed by atoms with Crippen LogP contribution < -0.4 is 0 Å². The highest BCUT2D eigenvalue weighted by Gasteiger charge is 1.99. The first kappa shape index (κ1) is 8.26. The average Bonchev–Trinajstić information content (AvgIpc) is 2.57. The van der Waals surface area contributed by atoms with Crippen LogP contribution in [-0.2, 0) is 0 Å². The molecule has 0 atom stereocenters. The molecule has 1 radical (unpaired) electrons. The minimum atomic E-state index is 0.655. The SMILES string of the molecule is Clc1cccc([CH]c2nc[nH]n2)c1. The highest BCUT2D eigenvalue weighted by molar-refractivity contribution is 6.30. The summed E-state index contributed by atoms with van der Waals surface area (Å²) >= 11 is 5.82. The zero-order valence-corrected chi connectivity index (χ0v) is 7.49. The van der Waals surface area contributed by atoms with Crippen LogP contribution >= 0.6 is 11.6 Å². The van der Waals surface area contributed by atoms with Crippen LogP contribution in [0.1, 0.15) is 11.4 Å². The molecule has 0 unspecified atom stereocenters. The van der Waals surface area contributed by atoms with Crippen molar-refractivity contribution in [2.24, 2.45) is 0 Å². The van der Waals surface area contributed by atoms with E-state index in [1.54, 1.807) is 0 Å². The van der Waals surface area contributed by atoms with Crippen molar-refractivity contribution in [1.29, 1.82) is 0 Å². The van der Waals surface area contributed by atoms with E-state index in [1.807, 2.05) is 30.7 Å². The predicted octanol–water partition coefficient (Wildman–Crippen LogP) is 2.06. The molecule has 0 aliphatic rings. The van der Waals surface area contributed by atoms with Gasteiger partial charge < -0.3 is 0 Å². The van der Waals surface area contributed by atoms with Crippen molar-refractivity contribution in [3.05, 3.63) is 53.4 Å². The highest BCUT2D eigenvalue weighted by Crippen LogP contribution is 2.13. The van der Waals surface area contributed by atoms with Gasteiger partial charge in [-0.15, -0.1) is 0 Å². The third kappa shape index (κ3) is 2.06. The molecule has 65 valence electrons. The third-order valence-corrected chi connectivity index (χ3v) is 1.81. The molecule has 13 heavy (non-hydrogen) atoms. The van der Waals surface area contributed by atoms with Gasteiger partial charge in [0.05, 0.1) is 6.42 Å². The smallest absolute Gasteiger partial charge is 0.158 e. The topological polar surface area (TPSA) is 41.6 Å². The van der Waals surface area contributed by atoms with Gasteiger partial charge in [0.15, 0.2) is 5.82 Å². The number of hydrogen-bond acceptors (Lipinski definition) is 2. The largest absolute Gasteiger partial charge is 0.266 e. The molecule has 0 spiro atoms. The van der Waals surface area contributed by atoms with Crippen molar-refractivity contribution in [3.63, 3.8) is 0 Å². The molecule has 0 amide bonds. The van der Waals surface area contributed by atoms with E-state index in [0.29, 0.717) is 10.8 Å². The van der Waals surface area contributed by atoms with Crippen molar-refractivity contribution < 1.29 is 0 Å². The quantitative estimate of drug-likeness (QED) is 0.792. The van der Waals surface area contributed by atoms with E-state index in [-0.39, 0.29) is 0 Å². The lowest BCUT2D eigenvalue weighted by Crippen LogP contribution is -1.87. The number of rotatable bonds is 2. The van der Waals surface area contributed by atoms with Crippen molar-refractivity contribution in [1.82, 2.24) is 15.2 Å². The highest BCUT2D eigenvalue weighted by atomic mass is 35.5. The van der Waals surface area contributed by atoms with Crippen LogP contribution in [-0.4, -0.2) is 15.2 Å². The second-order valence-corrected chi connectivity index (χ2v) is 2.99. The van der Waals surface area contributed by atoms with Crippen LogP contribution in [0.5, 0.6) is 0 Å². The summed E-state index contributed by atoms with van der Waals surface area (Å²) in [7, 11) is 0. The summed E-state index contributed by atoms with van der Waals surface area (Å²) in [5.74, 6) is 0.655. The number of benzene rings is 1. The van der Waals surface area contributed by atoms with Gasteiger partial charge in [-0.05, 0) is 17.7 Å². The van der Waals surface area contributed by atoms with Gasteiger partial charge in [-0.3, -0.25) is 5.10 Å².